The molecule has 0 aliphatic heterocycles. The molecule has 0 fully saturated rings. The molecule has 0 saturated carbocycles. The van der Waals surface area contributed by atoms with Crippen LogP contribution in [0.1, 0.15) is 25.3 Å². The van der Waals surface area contributed by atoms with E-state index in [2.05, 4.69) is 5.32 Å². The molecule has 1 rings (SSSR count). The van der Waals surface area contributed by atoms with E-state index in [1.165, 1.54) is 26.2 Å². The van der Waals surface area contributed by atoms with Crippen molar-refractivity contribution in [3.8, 4) is 0 Å². The van der Waals surface area contributed by atoms with Crippen LogP contribution in [0.5, 0.6) is 0 Å². The SMILES string of the molecule is CCCC(N)C(=O)NCc1ccc(S(=O)(=O)N(C)C)cc1.Cl. The molecule has 1 unspecified atom stereocenters. The molecule has 1 aromatic rings. The van der Waals surface area contributed by atoms with Crippen molar-refractivity contribution >= 4 is 28.3 Å². The molecule has 0 aliphatic rings. The largest absolute Gasteiger partial charge is 0.351 e. The molecular weight excluding hydrogens is 326 g/mol. The van der Waals surface area contributed by atoms with Crippen LogP contribution < -0.4 is 11.1 Å². The first-order valence-corrected chi connectivity index (χ1v) is 8.27. The van der Waals surface area contributed by atoms with E-state index in [0.29, 0.717) is 13.0 Å². The van der Waals surface area contributed by atoms with Gasteiger partial charge >= 0.3 is 0 Å². The van der Waals surface area contributed by atoms with Crippen LogP contribution in [0.15, 0.2) is 29.2 Å². The maximum Gasteiger partial charge on any atom is 0.242 e. The summed E-state index contributed by atoms with van der Waals surface area (Å²) in [5.41, 5.74) is 6.53. The van der Waals surface area contributed by atoms with Crippen LogP contribution in [-0.4, -0.2) is 38.8 Å². The van der Waals surface area contributed by atoms with Crippen LogP contribution in [0.25, 0.3) is 0 Å². The first kappa shape index (κ1) is 20.9. The van der Waals surface area contributed by atoms with Crippen LogP contribution in [0, 0.1) is 0 Å². The Morgan fingerprint density at radius 1 is 1.27 bits per heavy atom. The van der Waals surface area contributed by atoms with Gasteiger partial charge < -0.3 is 11.1 Å². The standard InChI is InChI=1S/C14H23N3O3S.ClH/c1-4-5-13(15)14(18)16-10-11-6-8-12(9-7-11)21(19,20)17(2)3;/h6-9,13H,4-5,10,15H2,1-3H3,(H,16,18);1H. The maximum atomic E-state index is 11.9. The number of halogens is 1. The van der Waals surface area contributed by atoms with Gasteiger partial charge in [0, 0.05) is 20.6 Å². The second-order valence-electron chi connectivity index (χ2n) is 5.04. The highest BCUT2D eigenvalue weighted by Gasteiger charge is 2.16. The van der Waals surface area contributed by atoms with E-state index < -0.39 is 16.1 Å². The minimum Gasteiger partial charge on any atom is -0.351 e. The molecule has 1 amide bonds. The average molecular weight is 350 g/mol. The van der Waals surface area contributed by atoms with Gasteiger partial charge in [0.05, 0.1) is 10.9 Å². The Bertz CT molecular complexity index is 574. The Hall–Kier alpha value is -1.15. The first-order valence-electron chi connectivity index (χ1n) is 6.83. The summed E-state index contributed by atoms with van der Waals surface area (Å²) >= 11 is 0. The molecule has 1 atom stereocenters. The number of nitrogens with one attached hydrogen (secondary N) is 1. The Morgan fingerprint density at radius 3 is 2.27 bits per heavy atom. The molecule has 0 saturated heterocycles. The molecular formula is C14H24ClN3O3S. The van der Waals surface area contributed by atoms with Gasteiger partial charge in [0.1, 0.15) is 0 Å². The third kappa shape index (κ3) is 5.57. The molecule has 6 nitrogen and oxygen atoms in total. The van der Waals surface area contributed by atoms with Crippen LogP contribution in [0.2, 0.25) is 0 Å². The predicted molar refractivity (Wildman–Crippen MR) is 89.3 cm³/mol. The quantitative estimate of drug-likeness (QED) is 0.771. The van der Waals surface area contributed by atoms with Crippen molar-refractivity contribution in [3.63, 3.8) is 0 Å². The number of nitrogens with zero attached hydrogens (tertiary/aromatic N) is 1. The summed E-state index contributed by atoms with van der Waals surface area (Å²) < 4.78 is 25.0. The number of hydrogen-bond acceptors (Lipinski definition) is 4. The van der Waals surface area contributed by atoms with Crippen molar-refractivity contribution in [1.29, 1.82) is 0 Å². The lowest BCUT2D eigenvalue weighted by atomic mass is 10.1. The first-order chi connectivity index (χ1) is 9.78. The zero-order valence-electron chi connectivity index (χ0n) is 13.1. The van der Waals surface area contributed by atoms with Gasteiger partial charge in [0.25, 0.3) is 0 Å². The van der Waals surface area contributed by atoms with Crippen molar-refractivity contribution in [2.45, 2.75) is 37.2 Å². The summed E-state index contributed by atoms with van der Waals surface area (Å²) in [5, 5.41) is 2.74. The number of carbonyl (C=O) groups is 1. The van der Waals surface area contributed by atoms with Gasteiger partial charge in [-0.15, -0.1) is 12.4 Å². The van der Waals surface area contributed by atoms with Crippen molar-refractivity contribution in [3.05, 3.63) is 29.8 Å². The van der Waals surface area contributed by atoms with Crippen LogP contribution in [-0.2, 0) is 21.4 Å². The Balaban J connectivity index is 0.00000441. The fraction of sp³-hybridized carbons (Fsp3) is 0.500. The smallest absolute Gasteiger partial charge is 0.242 e. The summed E-state index contributed by atoms with van der Waals surface area (Å²) in [6.07, 6.45) is 1.50. The molecule has 0 spiro atoms. The van der Waals surface area contributed by atoms with E-state index in [4.69, 9.17) is 5.73 Å². The van der Waals surface area contributed by atoms with Gasteiger partial charge in [-0.2, -0.15) is 0 Å². The highest BCUT2D eigenvalue weighted by Crippen LogP contribution is 2.13. The normalized spacial score (nSPS) is 12.6. The molecule has 0 radical (unpaired) electrons. The molecule has 8 heteroatoms. The number of nitrogens with two attached hydrogens (primary N) is 1. The van der Waals surface area contributed by atoms with Crippen LogP contribution in [0.3, 0.4) is 0 Å². The minimum atomic E-state index is -3.42. The van der Waals surface area contributed by atoms with Crippen molar-refractivity contribution in [2.75, 3.05) is 14.1 Å². The Kier molecular flexibility index (Phi) is 8.62. The number of amides is 1. The second kappa shape index (κ2) is 9.09. The van der Waals surface area contributed by atoms with Gasteiger partial charge in [-0.1, -0.05) is 25.5 Å². The number of sulfonamides is 1. The Labute approximate surface area is 138 Å². The summed E-state index contributed by atoms with van der Waals surface area (Å²) in [4.78, 5) is 11.9. The van der Waals surface area contributed by atoms with E-state index >= 15 is 0 Å². The molecule has 0 aromatic heterocycles. The zero-order valence-corrected chi connectivity index (χ0v) is 14.7. The monoisotopic (exact) mass is 349 g/mol. The fourth-order valence-corrected chi connectivity index (χ4v) is 2.65. The van der Waals surface area contributed by atoms with Gasteiger partial charge in [-0.25, -0.2) is 12.7 Å². The van der Waals surface area contributed by atoms with Crippen molar-refractivity contribution in [1.82, 2.24) is 9.62 Å². The summed E-state index contributed by atoms with van der Waals surface area (Å²) in [6, 6.07) is 5.93. The number of benzene rings is 1. The average Bonchev–Trinajstić information content (AvgIpc) is 2.45. The van der Waals surface area contributed by atoms with E-state index in [1.54, 1.807) is 12.1 Å². The van der Waals surface area contributed by atoms with E-state index in [9.17, 15) is 13.2 Å². The zero-order chi connectivity index (χ0) is 16.0. The molecule has 0 heterocycles. The number of rotatable bonds is 7. The van der Waals surface area contributed by atoms with E-state index in [1.807, 2.05) is 6.92 Å². The van der Waals surface area contributed by atoms with Gasteiger partial charge in [0.15, 0.2) is 0 Å². The molecule has 0 aliphatic carbocycles. The lowest BCUT2D eigenvalue weighted by molar-refractivity contribution is -0.122. The molecule has 0 bridgehead atoms. The lowest BCUT2D eigenvalue weighted by Gasteiger charge is -2.13. The maximum absolute atomic E-state index is 11.9. The molecule has 22 heavy (non-hydrogen) atoms. The topological polar surface area (TPSA) is 92.5 Å². The minimum absolute atomic E-state index is 0. The highest BCUT2D eigenvalue weighted by atomic mass is 35.5. The van der Waals surface area contributed by atoms with Gasteiger partial charge in [-0.05, 0) is 24.1 Å². The number of carbonyl (C=O) groups excluding carboxylic acids is 1. The van der Waals surface area contributed by atoms with Crippen molar-refractivity contribution < 1.29 is 13.2 Å². The van der Waals surface area contributed by atoms with Crippen LogP contribution in [0.4, 0.5) is 0 Å². The summed E-state index contributed by atoms with van der Waals surface area (Å²) in [5.74, 6) is -0.193. The second-order valence-corrected chi connectivity index (χ2v) is 7.20. The third-order valence-corrected chi connectivity index (χ3v) is 4.93. The molecule has 3 N–H and O–H groups in total. The third-order valence-electron chi connectivity index (χ3n) is 3.11. The fourth-order valence-electron chi connectivity index (χ4n) is 1.75. The Morgan fingerprint density at radius 2 is 1.82 bits per heavy atom. The van der Waals surface area contributed by atoms with E-state index in [-0.39, 0.29) is 23.2 Å². The van der Waals surface area contributed by atoms with Gasteiger partial charge in [0.2, 0.25) is 15.9 Å². The lowest BCUT2D eigenvalue weighted by Crippen LogP contribution is -2.40. The number of hydrogen-bond donors (Lipinski definition) is 2. The molecule has 126 valence electrons. The highest BCUT2D eigenvalue weighted by molar-refractivity contribution is 7.89. The predicted octanol–water partition coefficient (Wildman–Crippen LogP) is 1.10. The van der Waals surface area contributed by atoms with Crippen molar-refractivity contribution in [2.24, 2.45) is 5.73 Å². The van der Waals surface area contributed by atoms with Crippen LogP contribution >= 0.6 is 12.4 Å². The summed E-state index contributed by atoms with van der Waals surface area (Å²) in [6.45, 7) is 2.30. The van der Waals surface area contributed by atoms with Gasteiger partial charge in [-0.3, -0.25) is 4.79 Å². The van der Waals surface area contributed by atoms with E-state index in [0.717, 1.165) is 16.3 Å². The summed E-state index contributed by atoms with van der Waals surface area (Å²) in [7, 11) is -0.450. The molecule has 1 aromatic carbocycles.